The average molecular weight is 462 g/mol. The molecule has 0 aliphatic carbocycles. The molecule has 0 unspecified atom stereocenters. The number of hydrogen-bond donors (Lipinski definition) is 2. The van der Waals surface area contributed by atoms with Crippen LogP contribution in [0.5, 0.6) is 5.88 Å². The molecule has 5 heterocycles. The van der Waals surface area contributed by atoms with Crippen molar-refractivity contribution in [2.24, 2.45) is 0 Å². The molecule has 176 valence electrons. The molecule has 1 aliphatic heterocycles. The van der Waals surface area contributed by atoms with Crippen LogP contribution in [-0.2, 0) is 5.41 Å². The molecule has 11 heteroatoms. The quantitative estimate of drug-likeness (QED) is 0.435. The molecule has 0 bridgehead atoms. The highest BCUT2D eigenvalue weighted by atomic mass is 16.5. The number of aromatic nitrogens is 7. The molecule has 4 aromatic rings. The number of nitrogens with zero attached hydrogens (tertiary/aromatic N) is 7. The first-order valence-electron chi connectivity index (χ1n) is 11.1. The van der Waals surface area contributed by atoms with Crippen molar-refractivity contribution in [2.45, 2.75) is 45.6 Å². The van der Waals surface area contributed by atoms with E-state index in [-0.39, 0.29) is 11.5 Å². The normalized spacial score (nSPS) is 15.8. The van der Waals surface area contributed by atoms with E-state index >= 15 is 0 Å². The Morgan fingerprint density at radius 2 is 1.94 bits per heavy atom. The number of anilines is 3. The molecule has 1 saturated heterocycles. The van der Waals surface area contributed by atoms with Gasteiger partial charge in [0.25, 0.3) is 0 Å². The van der Waals surface area contributed by atoms with Gasteiger partial charge in [0.05, 0.1) is 13.2 Å². The molecule has 0 amide bonds. The van der Waals surface area contributed by atoms with Crippen LogP contribution in [0.15, 0.2) is 35.1 Å². The van der Waals surface area contributed by atoms with Crippen molar-refractivity contribution in [2.75, 3.05) is 23.9 Å². The van der Waals surface area contributed by atoms with Crippen LogP contribution in [0.4, 0.5) is 17.6 Å². The van der Waals surface area contributed by atoms with Gasteiger partial charge in [-0.25, -0.2) is 15.0 Å². The number of aryl methyl sites for hydroxylation is 1. The lowest BCUT2D eigenvalue weighted by Crippen LogP contribution is -2.42. The number of ether oxygens (including phenoxy) is 1. The predicted molar refractivity (Wildman–Crippen MR) is 126 cm³/mol. The Kier molecular flexibility index (Phi) is 5.39. The van der Waals surface area contributed by atoms with Crippen molar-refractivity contribution in [3.05, 3.63) is 47.7 Å². The van der Waals surface area contributed by atoms with Crippen LogP contribution in [0.3, 0.4) is 0 Å². The summed E-state index contributed by atoms with van der Waals surface area (Å²) in [5.74, 6) is 3.14. The van der Waals surface area contributed by atoms with E-state index in [1.165, 1.54) is 0 Å². The van der Waals surface area contributed by atoms with Gasteiger partial charge in [-0.05, 0) is 13.3 Å². The van der Waals surface area contributed by atoms with E-state index in [0.717, 1.165) is 30.1 Å². The number of methoxy groups -OCH3 is 1. The van der Waals surface area contributed by atoms with Crippen molar-refractivity contribution in [3.63, 3.8) is 0 Å². The fourth-order valence-electron chi connectivity index (χ4n) is 3.78. The number of nitrogens with one attached hydrogen (secondary N) is 2. The smallest absolute Gasteiger partial charge is 0.242 e. The van der Waals surface area contributed by atoms with Crippen molar-refractivity contribution in [1.82, 2.24) is 35.3 Å². The molecule has 2 N–H and O–H groups in total. The highest BCUT2D eigenvalue weighted by molar-refractivity contribution is 5.60. The van der Waals surface area contributed by atoms with Crippen molar-refractivity contribution < 1.29 is 9.26 Å². The Hall–Kier alpha value is -4.02. The number of hydrogen-bond acceptors (Lipinski definition) is 10. The minimum atomic E-state index is -0.0180. The summed E-state index contributed by atoms with van der Waals surface area (Å²) in [6.07, 6.45) is 4.08. The number of rotatable bonds is 6. The van der Waals surface area contributed by atoms with Gasteiger partial charge in [-0.1, -0.05) is 25.9 Å². The van der Waals surface area contributed by atoms with Gasteiger partial charge in [0.15, 0.2) is 17.3 Å². The zero-order chi connectivity index (χ0) is 23.9. The van der Waals surface area contributed by atoms with E-state index < -0.39 is 0 Å². The lowest BCUT2D eigenvalue weighted by molar-refractivity contribution is 0.315. The summed E-state index contributed by atoms with van der Waals surface area (Å²) in [5.41, 5.74) is 3.00. The molecule has 0 radical (unpaired) electrons. The van der Waals surface area contributed by atoms with Crippen molar-refractivity contribution >= 4 is 17.6 Å². The standard InChI is InChI=1S/C23H27N9O2/c1-13-10-18(27-19-12-17(29-30-19)23(2,3)4)28-22(26-13)32-9-6-15(32)16-11-14(31-34-16)20-21(33-5)25-8-7-24-20/h7-8,10-12,15H,6,9H2,1-5H3,(H2,26,27,28,29,30)/t15-/m0/s1. The number of H-pyrrole nitrogens is 1. The minimum Gasteiger partial charge on any atom is -0.479 e. The Morgan fingerprint density at radius 1 is 1.12 bits per heavy atom. The first kappa shape index (κ1) is 21.8. The Morgan fingerprint density at radius 3 is 2.65 bits per heavy atom. The Balaban J connectivity index is 1.36. The van der Waals surface area contributed by atoms with Crippen molar-refractivity contribution in [3.8, 4) is 17.3 Å². The third-order valence-corrected chi connectivity index (χ3v) is 5.72. The summed E-state index contributed by atoms with van der Waals surface area (Å²) < 4.78 is 11.0. The Bertz CT molecular complexity index is 1310. The lowest BCUT2D eigenvalue weighted by atomic mass is 9.92. The molecule has 1 aliphatic rings. The molecule has 1 atom stereocenters. The van der Waals surface area contributed by atoms with Crippen LogP contribution >= 0.6 is 0 Å². The topological polar surface area (TPSA) is 131 Å². The number of aromatic amines is 1. The maximum Gasteiger partial charge on any atom is 0.242 e. The molecule has 5 rings (SSSR count). The summed E-state index contributed by atoms with van der Waals surface area (Å²) in [6.45, 7) is 9.17. The van der Waals surface area contributed by atoms with Gasteiger partial charge < -0.3 is 19.5 Å². The van der Waals surface area contributed by atoms with Gasteiger partial charge in [-0.15, -0.1) is 0 Å². The van der Waals surface area contributed by atoms with Gasteiger partial charge >= 0.3 is 0 Å². The molecular formula is C23H27N9O2. The molecule has 1 fully saturated rings. The van der Waals surface area contributed by atoms with E-state index in [0.29, 0.717) is 34.9 Å². The van der Waals surface area contributed by atoms with E-state index in [1.807, 2.05) is 25.1 Å². The van der Waals surface area contributed by atoms with E-state index in [4.69, 9.17) is 14.2 Å². The van der Waals surface area contributed by atoms with Crippen LogP contribution in [0.25, 0.3) is 11.4 Å². The second kappa shape index (κ2) is 8.40. The average Bonchev–Trinajstić information content (AvgIpc) is 3.42. The van der Waals surface area contributed by atoms with Crippen LogP contribution in [0.1, 0.15) is 50.4 Å². The molecular weight excluding hydrogens is 434 g/mol. The van der Waals surface area contributed by atoms with E-state index in [1.54, 1.807) is 19.5 Å². The Labute approximate surface area is 197 Å². The molecule has 0 aromatic carbocycles. The fourth-order valence-corrected chi connectivity index (χ4v) is 3.78. The second-order valence-electron chi connectivity index (χ2n) is 9.26. The van der Waals surface area contributed by atoms with Crippen LogP contribution < -0.4 is 15.0 Å². The van der Waals surface area contributed by atoms with Crippen molar-refractivity contribution in [1.29, 1.82) is 0 Å². The minimum absolute atomic E-state index is 0.0172. The van der Waals surface area contributed by atoms with E-state index in [2.05, 4.69) is 61.3 Å². The largest absolute Gasteiger partial charge is 0.479 e. The zero-order valence-corrected chi connectivity index (χ0v) is 19.8. The predicted octanol–water partition coefficient (Wildman–Crippen LogP) is 3.95. The maximum absolute atomic E-state index is 5.66. The zero-order valence-electron chi connectivity index (χ0n) is 19.8. The summed E-state index contributed by atoms with van der Waals surface area (Å²) in [5, 5.41) is 14.9. The third-order valence-electron chi connectivity index (χ3n) is 5.72. The van der Waals surface area contributed by atoms with Crippen LogP contribution in [0.2, 0.25) is 0 Å². The molecule has 4 aromatic heterocycles. The van der Waals surface area contributed by atoms with Gasteiger partial charge in [0, 0.05) is 53.9 Å². The highest BCUT2D eigenvalue weighted by Gasteiger charge is 2.35. The first-order valence-corrected chi connectivity index (χ1v) is 11.1. The van der Waals surface area contributed by atoms with Gasteiger partial charge in [0.1, 0.15) is 11.5 Å². The van der Waals surface area contributed by atoms with Gasteiger partial charge in [-0.3, -0.25) is 5.10 Å². The summed E-state index contributed by atoms with van der Waals surface area (Å²) in [6, 6.07) is 5.75. The van der Waals surface area contributed by atoms with Crippen LogP contribution in [-0.4, -0.2) is 48.9 Å². The third kappa shape index (κ3) is 4.16. The van der Waals surface area contributed by atoms with Gasteiger partial charge in [-0.2, -0.15) is 10.1 Å². The SMILES string of the molecule is COc1nccnc1-c1cc([C@@H]2CCN2c2nc(C)cc(Nc3cc(C(C)(C)C)[nH]n3)n2)on1. The highest BCUT2D eigenvalue weighted by Crippen LogP contribution is 2.38. The molecule has 34 heavy (non-hydrogen) atoms. The van der Waals surface area contributed by atoms with Crippen LogP contribution in [0, 0.1) is 6.92 Å². The maximum atomic E-state index is 5.66. The first-order chi connectivity index (χ1) is 16.3. The lowest BCUT2D eigenvalue weighted by Gasteiger charge is -2.39. The molecule has 0 saturated carbocycles. The summed E-state index contributed by atoms with van der Waals surface area (Å²) >= 11 is 0. The monoisotopic (exact) mass is 461 g/mol. The van der Waals surface area contributed by atoms with E-state index in [9.17, 15) is 0 Å². The van der Waals surface area contributed by atoms with Gasteiger partial charge in [0.2, 0.25) is 11.8 Å². The fraction of sp³-hybridized carbons (Fsp3) is 0.391. The summed E-state index contributed by atoms with van der Waals surface area (Å²) in [7, 11) is 1.55. The second-order valence-corrected chi connectivity index (χ2v) is 9.26. The molecule has 11 nitrogen and oxygen atoms in total. The summed E-state index contributed by atoms with van der Waals surface area (Å²) in [4.78, 5) is 20.0. The molecule has 0 spiro atoms.